The number of carbonyl (C=O) groups is 1. The molecule has 6 nitrogen and oxygen atoms in total. The summed E-state index contributed by atoms with van der Waals surface area (Å²) in [6, 6.07) is 1.15. The van der Waals surface area contributed by atoms with Crippen LogP contribution in [-0.2, 0) is 14.8 Å². The summed E-state index contributed by atoms with van der Waals surface area (Å²) in [5.41, 5.74) is 0. The van der Waals surface area contributed by atoms with Crippen molar-refractivity contribution in [1.82, 2.24) is 4.31 Å². The zero-order valence-electron chi connectivity index (χ0n) is 10.9. The number of hydrogen-bond acceptors (Lipinski definition) is 4. The van der Waals surface area contributed by atoms with Crippen LogP contribution in [0.4, 0.5) is 0 Å². The predicted molar refractivity (Wildman–Crippen MR) is 75.1 cm³/mol. The van der Waals surface area contributed by atoms with Gasteiger partial charge in [-0.15, -0.1) is 0 Å². The van der Waals surface area contributed by atoms with E-state index in [1.54, 1.807) is 0 Å². The molecule has 1 aromatic carbocycles. The van der Waals surface area contributed by atoms with E-state index in [1.165, 1.54) is 20.1 Å². The lowest BCUT2D eigenvalue weighted by atomic mass is 10.3. The molecule has 0 radical (unpaired) electrons. The minimum absolute atomic E-state index is 0.0619. The van der Waals surface area contributed by atoms with Gasteiger partial charge in [0.2, 0.25) is 10.0 Å². The maximum Gasteiger partial charge on any atom is 0.321 e. The van der Waals surface area contributed by atoms with Gasteiger partial charge in [0.1, 0.15) is 16.7 Å². The molecule has 0 spiro atoms. The van der Waals surface area contributed by atoms with Crippen molar-refractivity contribution in [3.63, 3.8) is 0 Å². The number of rotatable bonds is 5. The van der Waals surface area contributed by atoms with E-state index >= 15 is 0 Å². The second-order valence-electron chi connectivity index (χ2n) is 3.95. The highest BCUT2D eigenvalue weighted by atomic mass is 35.5. The zero-order chi connectivity index (χ0) is 15.7. The highest BCUT2D eigenvalue weighted by Crippen LogP contribution is 2.34. The van der Waals surface area contributed by atoms with Crippen LogP contribution < -0.4 is 4.74 Å². The molecule has 0 fully saturated rings. The van der Waals surface area contributed by atoms with Crippen molar-refractivity contribution in [3.8, 4) is 5.75 Å². The minimum atomic E-state index is -4.08. The summed E-state index contributed by atoms with van der Waals surface area (Å²) in [7, 11) is -1.56. The third-order valence-electron chi connectivity index (χ3n) is 2.77. The minimum Gasteiger partial charge on any atom is -0.495 e. The second-order valence-corrected chi connectivity index (χ2v) is 6.73. The first-order chi connectivity index (χ1) is 9.12. The van der Waals surface area contributed by atoms with Gasteiger partial charge >= 0.3 is 5.97 Å². The summed E-state index contributed by atoms with van der Waals surface area (Å²) in [4.78, 5) is 10.6. The maximum absolute atomic E-state index is 12.3. The number of nitrogens with zero attached hydrogens (tertiary/aromatic N) is 1. The van der Waals surface area contributed by atoms with E-state index in [1.807, 2.05) is 0 Å². The normalized spacial score (nSPS) is 13.3. The molecule has 1 atom stereocenters. The van der Waals surface area contributed by atoms with Crippen LogP contribution in [-0.4, -0.2) is 44.0 Å². The molecule has 0 aliphatic rings. The first-order valence-corrected chi connectivity index (χ1v) is 7.56. The third-order valence-corrected chi connectivity index (χ3v) is 5.45. The fourth-order valence-corrected chi connectivity index (χ4v) is 3.52. The van der Waals surface area contributed by atoms with Crippen molar-refractivity contribution in [2.24, 2.45) is 0 Å². The molecule has 0 aliphatic heterocycles. The summed E-state index contributed by atoms with van der Waals surface area (Å²) in [5.74, 6) is -1.05. The van der Waals surface area contributed by atoms with E-state index in [-0.39, 0.29) is 20.7 Å². The Hall–Kier alpha value is -1.02. The molecule has 1 rings (SSSR count). The Morgan fingerprint density at radius 1 is 1.35 bits per heavy atom. The van der Waals surface area contributed by atoms with Crippen LogP contribution >= 0.6 is 23.2 Å². The molecule has 0 saturated carbocycles. The topological polar surface area (TPSA) is 83.9 Å². The Morgan fingerprint density at radius 3 is 2.35 bits per heavy atom. The molecule has 1 N–H and O–H groups in total. The largest absolute Gasteiger partial charge is 0.495 e. The van der Waals surface area contributed by atoms with Crippen molar-refractivity contribution < 1.29 is 23.1 Å². The van der Waals surface area contributed by atoms with Crippen LogP contribution in [0.5, 0.6) is 5.75 Å². The fourth-order valence-electron chi connectivity index (χ4n) is 1.38. The number of carboxylic acid groups (broad SMARTS) is 1. The van der Waals surface area contributed by atoms with Gasteiger partial charge in [0.15, 0.2) is 0 Å². The quantitative estimate of drug-likeness (QED) is 0.886. The van der Waals surface area contributed by atoms with E-state index in [4.69, 9.17) is 33.0 Å². The number of benzene rings is 1. The van der Waals surface area contributed by atoms with Crippen LogP contribution in [0.1, 0.15) is 6.92 Å². The molecule has 1 aromatic rings. The Morgan fingerprint density at radius 2 is 1.90 bits per heavy atom. The molecule has 0 aromatic heterocycles. The van der Waals surface area contributed by atoms with Crippen LogP contribution in [0.15, 0.2) is 17.0 Å². The molecular formula is C11H13Cl2NO5S. The molecule has 112 valence electrons. The van der Waals surface area contributed by atoms with Gasteiger partial charge in [-0.1, -0.05) is 23.2 Å². The molecule has 0 heterocycles. The fraction of sp³-hybridized carbons (Fsp3) is 0.364. The van der Waals surface area contributed by atoms with Gasteiger partial charge in [0, 0.05) is 13.1 Å². The maximum atomic E-state index is 12.3. The van der Waals surface area contributed by atoms with Crippen molar-refractivity contribution in [3.05, 3.63) is 22.2 Å². The lowest BCUT2D eigenvalue weighted by molar-refractivity contribution is -0.140. The molecular weight excluding hydrogens is 329 g/mol. The van der Waals surface area contributed by atoms with Crippen molar-refractivity contribution in [1.29, 1.82) is 0 Å². The number of methoxy groups -OCH3 is 1. The van der Waals surface area contributed by atoms with E-state index in [0.717, 1.165) is 13.1 Å². The van der Waals surface area contributed by atoms with E-state index in [2.05, 4.69) is 0 Å². The molecule has 0 amide bonds. The smallest absolute Gasteiger partial charge is 0.321 e. The Kier molecular flexibility index (Phi) is 5.26. The van der Waals surface area contributed by atoms with E-state index in [0.29, 0.717) is 4.31 Å². The average molecular weight is 342 g/mol. The van der Waals surface area contributed by atoms with Crippen molar-refractivity contribution in [2.45, 2.75) is 17.9 Å². The van der Waals surface area contributed by atoms with Gasteiger partial charge in [-0.2, -0.15) is 4.31 Å². The molecule has 9 heteroatoms. The SMILES string of the molecule is COc1cc(Cl)c(S(=O)(=O)N(C)C(C)C(=O)O)cc1Cl. The Balaban J connectivity index is 3.36. The Bertz CT molecular complexity index is 632. The summed E-state index contributed by atoms with van der Waals surface area (Å²) < 4.78 is 30.3. The highest BCUT2D eigenvalue weighted by molar-refractivity contribution is 7.89. The summed E-state index contributed by atoms with van der Waals surface area (Å²) in [6.07, 6.45) is 0. The second kappa shape index (κ2) is 6.17. The summed E-state index contributed by atoms with van der Waals surface area (Å²) in [6.45, 7) is 1.25. The monoisotopic (exact) mass is 341 g/mol. The van der Waals surface area contributed by atoms with E-state index < -0.39 is 22.0 Å². The average Bonchev–Trinajstić information content (AvgIpc) is 2.38. The number of hydrogen-bond donors (Lipinski definition) is 1. The summed E-state index contributed by atoms with van der Waals surface area (Å²) in [5, 5.41) is 8.84. The van der Waals surface area contributed by atoms with Gasteiger partial charge in [0.05, 0.1) is 17.2 Å². The van der Waals surface area contributed by atoms with Gasteiger partial charge in [0.25, 0.3) is 0 Å². The molecule has 0 bridgehead atoms. The summed E-state index contributed by atoms with van der Waals surface area (Å²) >= 11 is 11.8. The van der Waals surface area contributed by atoms with Gasteiger partial charge < -0.3 is 9.84 Å². The van der Waals surface area contributed by atoms with Gasteiger partial charge in [-0.05, 0) is 13.0 Å². The number of aliphatic carboxylic acids is 1. The van der Waals surface area contributed by atoms with Crippen LogP contribution in [0.25, 0.3) is 0 Å². The first-order valence-electron chi connectivity index (χ1n) is 5.36. The number of likely N-dealkylation sites (N-methyl/N-ethyl adjacent to an activating group) is 1. The van der Waals surface area contributed by atoms with Gasteiger partial charge in [-0.3, -0.25) is 4.79 Å². The van der Waals surface area contributed by atoms with Gasteiger partial charge in [-0.25, -0.2) is 8.42 Å². The number of halogens is 2. The molecule has 0 saturated heterocycles. The van der Waals surface area contributed by atoms with Crippen molar-refractivity contribution in [2.75, 3.05) is 14.2 Å². The lowest BCUT2D eigenvalue weighted by Crippen LogP contribution is -2.40. The standard InChI is InChI=1S/C11H13Cl2NO5S/c1-6(11(15)16)14(2)20(17,18)10-5-7(12)9(19-3)4-8(10)13/h4-6H,1-3H3,(H,15,16). The molecule has 1 unspecified atom stereocenters. The van der Waals surface area contributed by atoms with Crippen molar-refractivity contribution >= 4 is 39.2 Å². The van der Waals surface area contributed by atoms with E-state index in [9.17, 15) is 13.2 Å². The number of sulfonamides is 1. The Labute approximate surface area is 126 Å². The lowest BCUT2D eigenvalue weighted by Gasteiger charge is -2.22. The van der Waals surface area contributed by atoms with Crippen LogP contribution in [0, 0.1) is 0 Å². The number of ether oxygens (including phenoxy) is 1. The highest BCUT2D eigenvalue weighted by Gasteiger charge is 2.31. The third kappa shape index (κ3) is 3.17. The molecule has 0 aliphatic carbocycles. The van der Waals surface area contributed by atoms with Crippen LogP contribution in [0.2, 0.25) is 10.0 Å². The number of carboxylic acids is 1. The zero-order valence-corrected chi connectivity index (χ0v) is 13.3. The first kappa shape index (κ1) is 17.0. The molecule has 20 heavy (non-hydrogen) atoms. The van der Waals surface area contributed by atoms with Crippen LogP contribution in [0.3, 0.4) is 0 Å². The predicted octanol–water partition coefficient (Wildman–Crippen LogP) is 2.10.